The van der Waals surface area contributed by atoms with Gasteiger partial charge in [0.15, 0.2) is 5.82 Å². The van der Waals surface area contributed by atoms with Crippen LogP contribution in [0.15, 0.2) is 24.3 Å². The van der Waals surface area contributed by atoms with E-state index < -0.39 is 0 Å². The third-order valence-corrected chi connectivity index (χ3v) is 1.79. The van der Waals surface area contributed by atoms with E-state index in [0.717, 1.165) is 5.69 Å². The lowest BCUT2D eigenvalue weighted by molar-refractivity contribution is 0.881. The van der Waals surface area contributed by atoms with Crippen LogP contribution in [0.2, 0.25) is 0 Å². The fourth-order valence-corrected chi connectivity index (χ4v) is 1.09. The lowest BCUT2D eigenvalue weighted by Crippen LogP contribution is -2.03. The summed E-state index contributed by atoms with van der Waals surface area (Å²) in [5, 5.41) is 16.6. The summed E-state index contributed by atoms with van der Waals surface area (Å²) in [4.78, 5) is 0. The third-order valence-electron chi connectivity index (χ3n) is 1.79. The van der Waals surface area contributed by atoms with Crippen molar-refractivity contribution in [2.24, 2.45) is 0 Å². The molecule has 0 saturated carbocycles. The molecule has 1 aromatic carbocycles. The Morgan fingerprint density at radius 3 is 2.93 bits per heavy atom. The van der Waals surface area contributed by atoms with E-state index in [1.54, 1.807) is 0 Å². The molecular weight excluding hydrogens is 180 g/mol. The van der Waals surface area contributed by atoms with Crippen LogP contribution in [0.25, 0.3) is 0 Å². The molecule has 0 aliphatic rings. The quantitative estimate of drug-likeness (QED) is 0.609. The van der Waals surface area contributed by atoms with E-state index in [1.165, 1.54) is 0 Å². The highest BCUT2D eigenvalue weighted by molar-refractivity contribution is 5.65. The molecule has 6 nitrogen and oxygen atoms in total. The maximum atomic E-state index is 5.73. The van der Waals surface area contributed by atoms with E-state index in [0.29, 0.717) is 18.1 Å². The van der Waals surface area contributed by atoms with Crippen molar-refractivity contribution in [2.45, 2.75) is 6.54 Å². The van der Waals surface area contributed by atoms with Crippen LogP contribution in [0.3, 0.4) is 0 Å². The Hall–Kier alpha value is -2.11. The van der Waals surface area contributed by atoms with Crippen molar-refractivity contribution in [3.63, 3.8) is 0 Å². The van der Waals surface area contributed by atoms with Gasteiger partial charge in [-0.05, 0) is 12.1 Å². The van der Waals surface area contributed by atoms with E-state index in [9.17, 15) is 0 Å². The molecule has 0 fully saturated rings. The minimum absolute atomic E-state index is 0.505. The molecule has 0 atom stereocenters. The first kappa shape index (κ1) is 8.49. The summed E-state index contributed by atoms with van der Waals surface area (Å²) in [6.45, 7) is 0.505. The minimum Gasteiger partial charge on any atom is -0.397 e. The van der Waals surface area contributed by atoms with Crippen LogP contribution in [-0.4, -0.2) is 20.6 Å². The van der Waals surface area contributed by atoms with Gasteiger partial charge >= 0.3 is 0 Å². The summed E-state index contributed by atoms with van der Waals surface area (Å²) in [7, 11) is 0. The highest BCUT2D eigenvalue weighted by Gasteiger charge is 1.99. The maximum Gasteiger partial charge on any atom is 0.193 e. The van der Waals surface area contributed by atoms with Gasteiger partial charge in [0.05, 0.1) is 17.9 Å². The zero-order chi connectivity index (χ0) is 9.80. The Bertz CT molecular complexity index is 396. The SMILES string of the molecule is Nc1ccccc1NCc1nn[nH]n1. The van der Waals surface area contributed by atoms with E-state index >= 15 is 0 Å². The lowest BCUT2D eigenvalue weighted by Gasteiger charge is -2.05. The van der Waals surface area contributed by atoms with Gasteiger partial charge in [-0.3, -0.25) is 0 Å². The van der Waals surface area contributed by atoms with Gasteiger partial charge in [0, 0.05) is 0 Å². The van der Waals surface area contributed by atoms with E-state index in [-0.39, 0.29) is 0 Å². The molecule has 2 aromatic rings. The number of aromatic amines is 1. The molecule has 0 amide bonds. The second-order valence-corrected chi connectivity index (χ2v) is 2.77. The topological polar surface area (TPSA) is 92.5 Å². The van der Waals surface area contributed by atoms with Gasteiger partial charge in [0.2, 0.25) is 0 Å². The van der Waals surface area contributed by atoms with Crippen LogP contribution in [0.1, 0.15) is 5.82 Å². The first-order chi connectivity index (χ1) is 6.86. The molecule has 0 unspecified atom stereocenters. The Balaban J connectivity index is 2.02. The molecule has 72 valence electrons. The number of aromatic nitrogens is 4. The van der Waals surface area contributed by atoms with Crippen molar-refractivity contribution >= 4 is 11.4 Å². The number of nitrogen functional groups attached to an aromatic ring is 1. The Kier molecular flexibility index (Phi) is 2.26. The standard InChI is InChI=1S/C8H10N6/c9-6-3-1-2-4-7(6)10-5-8-11-13-14-12-8/h1-4,10H,5,9H2,(H,11,12,13,14). The number of hydrogen-bond donors (Lipinski definition) is 3. The van der Waals surface area contributed by atoms with Crippen molar-refractivity contribution in [1.29, 1.82) is 0 Å². The molecule has 0 aliphatic carbocycles. The molecule has 6 heteroatoms. The van der Waals surface area contributed by atoms with Crippen LogP contribution < -0.4 is 11.1 Å². The van der Waals surface area contributed by atoms with Gasteiger partial charge in [-0.1, -0.05) is 17.3 Å². The molecule has 1 aromatic heterocycles. The second kappa shape index (κ2) is 3.73. The van der Waals surface area contributed by atoms with E-state index in [4.69, 9.17) is 5.73 Å². The summed E-state index contributed by atoms with van der Waals surface area (Å²) >= 11 is 0. The number of nitrogens with zero attached hydrogens (tertiary/aromatic N) is 3. The molecule has 14 heavy (non-hydrogen) atoms. The molecule has 1 heterocycles. The number of nitrogens with one attached hydrogen (secondary N) is 2. The minimum atomic E-state index is 0.505. The van der Waals surface area contributed by atoms with Crippen molar-refractivity contribution < 1.29 is 0 Å². The molecule has 0 radical (unpaired) electrons. The number of para-hydroxylation sites is 2. The van der Waals surface area contributed by atoms with Crippen LogP contribution in [-0.2, 0) is 6.54 Å². The maximum absolute atomic E-state index is 5.73. The number of tetrazole rings is 1. The van der Waals surface area contributed by atoms with Crippen molar-refractivity contribution in [3.05, 3.63) is 30.1 Å². The van der Waals surface area contributed by atoms with Gasteiger partial charge in [0.1, 0.15) is 0 Å². The second-order valence-electron chi connectivity index (χ2n) is 2.77. The Morgan fingerprint density at radius 1 is 1.36 bits per heavy atom. The Labute approximate surface area is 80.5 Å². The smallest absolute Gasteiger partial charge is 0.193 e. The lowest BCUT2D eigenvalue weighted by atomic mass is 10.3. The number of nitrogens with two attached hydrogens (primary N) is 1. The first-order valence-electron chi connectivity index (χ1n) is 4.17. The van der Waals surface area contributed by atoms with Crippen LogP contribution >= 0.6 is 0 Å². The number of anilines is 2. The van der Waals surface area contributed by atoms with Gasteiger partial charge in [0.25, 0.3) is 0 Å². The molecule has 0 saturated heterocycles. The number of rotatable bonds is 3. The molecule has 4 N–H and O–H groups in total. The summed E-state index contributed by atoms with van der Waals surface area (Å²) in [5.41, 5.74) is 7.31. The van der Waals surface area contributed by atoms with Crippen molar-refractivity contribution in [3.8, 4) is 0 Å². The van der Waals surface area contributed by atoms with Gasteiger partial charge < -0.3 is 11.1 Å². The summed E-state index contributed by atoms with van der Waals surface area (Å²) in [6.07, 6.45) is 0. The average molecular weight is 190 g/mol. The van der Waals surface area contributed by atoms with Crippen LogP contribution in [0.5, 0.6) is 0 Å². The average Bonchev–Trinajstić information content (AvgIpc) is 2.69. The zero-order valence-corrected chi connectivity index (χ0v) is 7.44. The molecule has 0 aliphatic heterocycles. The normalized spacial score (nSPS) is 10.0. The predicted octanol–water partition coefficient (Wildman–Crippen LogP) is 0.394. The van der Waals surface area contributed by atoms with Gasteiger partial charge in [-0.25, -0.2) is 0 Å². The molecule has 2 rings (SSSR count). The van der Waals surface area contributed by atoms with E-state index in [1.807, 2.05) is 24.3 Å². The van der Waals surface area contributed by atoms with Crippen molar-refractivity contribution in [1.82, 2.24) is 20.6 Å². The van der Waals surface area contributed by atoms with Crippen molar-refractivity contribution in [2.75, 3.05) is 11.1 Å². The molecule has 0 spiro atoms. The van der Waals surface area contributed by atoms with E-state index in [2.05, 4.69) is 25.9 Å². The molecule has 0 bridgehead atoms. The first-order valence-corrected chi connectivity index (χ1v) is 4.17. The monoisotopic (exact) mass is 190 g/mol. The number of hydrogen-bond acceptors (Lipinski definition) is 5. The highest BCUT2D eigenvalue weighted by Crippen LogP contribution is 2.16. The highest BCUT2D eigenvalue weighted by atomic mass is 15.5. The number of H-pyrrole nitrogens is 1. The molecular formula is C8H10N6. The summed E-state index contributed by atoms with van der Waals surface area (Å²) in [6, 6.07) is 7.53. The predicted molar refractivity (Wildman–Crippen MR) is 52.4 cm³/mol. The Morgan fingerprint density at radius 2 is 2.21 bits per heavy atom. The number of benzene rings is 1. The fourth-order valence-electron chi connectivity index (χ4n) is 1.09. The summed E-state index contributed by atoms with van der Waals surface area (Å²) in [5.74, 6) is 0.605. The van der Waals surface area contributed by atoms with Gasteiger partial charge in [-0.2, -0.15) is 5.21 Å². The largest absolute Gasteiger partial charge is 0.397 e. The van der Waals surface area contributed by atoms with Crippen LogP contribution in [0, 0.1) is 0 Å². The fraction of sp³-hybridized carbons (Fsp3) is 0.125. The zero-order valence-electron chi connectivity index (χ0n) is 7.44. The van der Waals surface area contributed by atoms with Crippen LogP contribution in [0.4, 0.5) is 11.4 Å². The third kappa shape index (κ3) is 1.79. The summed E-state index contributed by atoms with van der Waals surface area (Å²) < 4.78 is 0. The van der Waals surface area contributed by atoms with Gasteiger partial charge in [-0.15, -0.1) is 10.2 Å².